The molecule has 0 aromatic carbocycles. The zero-order chi connectivity index (χ0) is 14.3. The zero-order valence-corrected chi connectivity index (χ0v) is 12.1. The first-order valence-corrected chi connectivity index (χ1v) is 7.49. The van der Waals surface area contributed by atoms with Crippen LogP contribution in [0.25, 0.3) is 0 Å². The van der Waals surface area contributed by atoms with E-state index in [4.69, 9.17) is 4.42 Å². The molecule has 0 saturated carbocycles. The number of aryl methyl sites for hydroxylation is 1. The minimum absolute atomic E-state index is 0.0643. The lowest BCUT2D eigenvalue weighted by atomic mass is 9.92. The predicted molar refractivity (Wildman–Crippen MR) is 74.8 cm³/mol. The monoisotopic (exact) mass is 275 g/mol. The Morgan fingerprint density at radius 2 is 1.95 bits per heavy atom. The molecule has 108 valence electrons. The molecule has 2 heterocycles. The Kier molecular flexibility index (Phi) is 3.40. The molecule has 2 aliphatic rings. The van der Waals surface area contributed by atoms with Crippen LogP contribution in [0, 0.1) is 11.8 Å². The van der Waals surface area contributed by atoms with Gasteiger partial charge in [0.25, 0.3) is 5.91 Å². The van der Waals surface area contributed by atoms with Crippen LogP contribution in [0.4, 0.5) is 0 Å². The van der Waals surface area contributed by atoms with Crippen LogP contribution in [0.5, 0.6) is 0 Å². The Balaban J connectivity index is 1.82. The van der Waals surface area contributed by atoms with Crippen molar-refractivity contribution in [1.29, 1.82) is 0 Å². The molecule has 0 radical (unpaired) electrons. The van der Waals surface area contributed by atoms with Crippen molar-refractivity contribution < 1.29 is 14.0 Å². The SMILES string of the molecule is CC1CC(C)CN(C(=O)c2cc3c(o2)CCCC3=O)C1. The smallest absolute Gasteiger partial charge is 0.289 e. The summed E-state index contributed by atoms with van der Waals surface area (Å²) in [6.07, 6.45) is 3.32. The second-order valence-corrected chi connectivity index (χ2v) is 6.38. The van der Waals surface area contributed by atoms with Gasteiger partial charge in [-0.15, -0.1) is 0 Å². The number of nitrogens with zero attached hydrogens (tertiary/aromatic N) is 1. The largest absolute Gasteiger partial charge is 0.455 e. The maximum atomic E-state index is 12.5. The molecule has 4 heteroatoms. The van der Waals surface area contributed by atoms with Gasteiger partial charge in [0.05, 0.1) is 5.56 Å². The van der Waals surface area contributed by atoms with Gasteiger partial charge in [0.1, 0.15) is 5.76 Å². The van der Waals surface area contributed by atoms with Gasteiger partial charge in [0.2, 0.25) is 0 Å². The summed E-state index contributed by atoms with van der Waals surface area (Å²) >= 11 is 0. The zero-order valence-electron chi connectivity index (χ0n) is 12.1. The molecule has 0 bridgehead atoms. The first-order valence-electron chi connectivity index (χ1n) is 7.49. The number of carbonyl (C=O) groups is 2. The molecule has 1 saturated heterocycles. The van der Waals surface area contributed by atoms with E-state index in [0.717, 1.165) is 32.4 Å². The van der Waals surface area contributed by atoms with E-state index in [2.05, 4.69) is 13.8 Å². The van der Waals surface area contributed by atoms with Gasteiger partial charge < -0.3 is 9.32 Å². The normalized spacial score (nSPS) is 26.5. The third-order valence-corrected chi connectivity index (χ3v) is 4.28. The maximum absolute atomic E-state index is 12.5. The Hall–Kier alpha value is -1.58. The molecule has 2 atom stereocenters. The van der Waals surface area contributed by atoms with Crippen molar-refractivity contribution in [1.82, 2.24) is 4.90 Å². The van der Waals surface area contributed by atoms with Crippen molar-refractivity contribution in [2.45, 2.75) is 39.5 Å². The van der Waals surface area contributed by atoms with Gasteiger partial charge in [-0.1, -0.05) is 13.8 Å². The van der Waals surface area contributed by atoms with Crippen molar-refractivity contribution in [2.24, 2.45) is 11.8 Å². The number of likely N-dealkylation sites (tertiary alicyclic amines) is 1. The van der Waals surface area contributed by atoms with E-state index in [0.29, 0.717) is 35.3 Å². The van der Waals surface area contributed by atoms with Crippen LogP contribution in [0.15, 0.2) is 10.5 Å². The Morgan fingerprint density at radius 1 is 1.25 bits per heavy atom. The van der Waals surface area contributed by atoms with Gasteiger partial charge in [0.15, 0.2) is 11.5 Å². The molecule has 1 fully saturated rings. The Morgan fingerprint density at radius 3 is 2.60 bits per heavy atom. The fourth-order valence-corrected chi connectivity index (χ4v) is 3.48. The number of furan rings is 1. The van der Waals surface area contributed by atoms with E-state index in [1.807, 2.05) is 4.90 Å². The highest BCUT2D eigenvalue weighted by atomic mass is 16.4. The summed E-state index contributed by atoms with van der Waals surface area (Å²) < 4.78 is 5.65. The summed E-state index contributed by atoms with van der Waals surface area (Å²) in [5.74, 6) is 2.12. The lowest BCUT2D eigenvalue weighted by Crippen LogP contribution is -2.42. The number of ketones is 1. The number of hydrogen-bond acceptors (Lipinski definition) is 3. The van der Waals surface area contributed by atoms with Gasteiger partial charge in [-0.2, -0.15) is 0 Å². The molecule has 20 heavy (non-hydrogen) atoms. The Bertz CT molecular complexity index is 536. The third-order valence-electron chi connectivity index (χ3n) is 4.28. The number of rotatable bonds is 1. The topological polar surface area (TPSA) is 50.5 Å². The molecule has 0 spiro atoms. The van der Waals surface area contributed by atoms with E-state index in [1.165, 1.54) is 0 Å². The van der Waals surface area contributed by atoms with Gasteiger partial charge in [-0.3, -0.25) is 9.59 Å². The quantitative estimate of drug-likeness (QED) is 0.791. The Labute approximate surface area is 119 Å². The molecule has 1 amide bonds. The minimum atomic E-state index is -0.0643. The number of amides is 1. The third kappa shape index (κ3) is 2.39. The van der Waals surface area contributed by atoms with Gasteiger partial charge >= 0.3 is 0 Å². The maximum Gasteiger partial charge on any atom is 0.289 e. The number of piperidine rings is 1. The standard InChI is InChI=1S/C16H21NO3/c1-10-6-11(2)9-17(8-10)16(19)15-7-12-13(18)4-3-5-14(12)20-15/h7,10-11H,3-6,8-9H2,1-2H3. The van der Waals surface area contributed by atoms with Crippen LogP contribution in [-0.2, 0) is 6.42 Å². The van der Waals surface area contributed by atoms with Crippen LogP contribution in [0.1, 0.15) is 59.8 Å². The molecule has 1 aromatic heterocycles. The first-order chi connectivity index (χ1) is 9.54. The van der Waals surface area contributed by atoms with Crippen molar-refractivity contribution in [3.8, 4) is 0 Å². The molecule has 2 unspecified atom stereocenters. The average molecular weight is 275 g/mol. The van der Waals surface area contributed by atoms with Crippen LogP contribution < -0.4 is 0 Å². The summed E-state index contributed by atoms with van der Waals surface area (Å²) in [6, 6.07) is 1.66. The van der Waals surface area contributed by atoms with E-state index in [1.54, 1.807) is 6.07 Å². The lowest BCUT2D eigenvalue weighted by molar-refractivity contribution is 0.0589. The van der Waals surface area contributed by atoms with Crippen molar-refractivity contribution >= 4 is 11.7 Å². The summed E-state index contributed by atoms with van der Waals surface area (Å²) in [6.45, 7) is 5.91. The van der Waals surface area contributed by atoms with Gasteiger partial charge in [-0.05, 0) is 24.7 Å². The van der Waals surface area contributed by atoms with Crippen molar-refractivity contribution in [3.05, 3.63) is 23.2 Å². The lowest BCUT2D eigenvalue weighted by Gasteiger charge is -2.34. The van der Waals surface area contributed by atoms with Gasteiger partial charge in [-0.25, -0.2) is 0 Å². The summed E-state index contributed by atoms with van der Waals surface area (Å²) in [5.41, 5.74) is 0.623. The first kappa shape index (κ1) is 13.4. The molecular weight excluding hydrogens is 254 g/mol. The number of carbonyl (C=O) groups excluding carboxylic acids is 2. The van der Waals surface area contributed by atoms with Crippen LogP contribution in [0.3, 0.4) is 0 Å². The fourth-order valence-electron chi connectivity index (χ4n) is 3.48. The summed E-state index contributed by atoms with van der Waals surface area (Å²) in [5, 5.41) is 0. The van der Waals surface area contributed by atoms with E-state index >= 15 is 0 Å². The molecule has 1 aromatic rings. The molecule has 1 aliphatic carbocycles. The van der Waals surface area contributed by atoms with Crippen molar-refractivity contribution in [2.75, 3.05) is 13.1 Å². The predicted octanol–water partition coefficient (Wildman–Crippen LogP) is 2.92. The molecule has 3 rings (SSSR count). The van der Waals surface area contributed by atoms with Crippen LogP contribution in [-0.4, -0.2) is 29.7 Å². The second-order valence-electron chi connectivity index (χ2n) is 6.38. The number of fused-ring (bicyclic) bond motifs is 1. The highest BCUT2D eigenvalue weighted by molar-refractivity contribution is 6.01. The highest BCUT2D eigenvalue weighted by Gasteiger charge is 2.30. The van der Waals surface area contributed by atoms with Gasteiger partial charge in [0, 0.05) is 32.0 Å². The van der Waals surface area contributed by atoms with Crippen LogP contribution >= 0.6 is 0 Å². The fraction of sp³-hybridized carbons (Fsp3) is 0.625. The van der Waals surface area contributed by atoms with E-state index in [-0.39, 0.29) is 11.7 Å². The molecule has 0 N–H and O–H groups in total. The second kappa shape index (κ2) is 5.08. The van der Waals surface area contributed by atoms with E-state index < -0.39 is 0 Å². The molecular formula is C16H21NO3. The minimum Gasteiger partial charge on any atom is -0.455 e. The van der Waals surface area contributed by atoms with E-state index in [9.17, 15) is 9.59 Å². The summed E-state index contributed by atoms with van der Waals surface area (Å²) in [4.78, 5) is 26.2. The molecule has 1 aliphatic heterocycles. The number of hydrogen-bond donors (Lipinski definition) is 0. The summed E-state index contributed by atoms with van der Waals surface area (Å²) in [7, 11) is 0. The van der Waals surface area contributed by atoms with Crippen molar-refractivity contribution in [3.63, 3.8) is 0 Å². The molecule has 4 nitrogen and oxygen atoms in total. The van der Waals surface area contributed by atoms with Crippen LogP contribution in [0.2, 0.25) is 0 Å². The average Bonchev–Trinajstić information content (AvgIpc) is 2.82. The highest BCUT2D eigenvalue weighted by Crippen LogP contribution is 2.27. The number of Topliss-reactive ketones (excluding diaryl/α,β-unsaturated/α-hetero) is 1.